The molecule has 0 saturated carbocycles. The number of carbonyl (C=O) groups excluding carboxylic acids is 2. The number of anilines is 1. The molecule has 5 rings (SSSR count). The van der Waals surface area contributed by atoms with Gasteiger partial charge in [0.1, 0.15) is 5.00 Å². The summed E-state index contributed by atoms with van der Waals surface area (Å²) in [4.78, 5) is 32.9. The molecule has 1 aromatic carbocycles. The van der Waals surface area contributed by atoms with E-state index in [9.17, 15) is 9.59 Å². The molecule has 3 N–H and O–H groups in total. The summed E-state index contributed by atoms with van der Waals surface area (Å²) in [6, 6.07) is 13.0. The lowest BCUT2D eigenvalue weighted by Gasteiger charge is -2.33. The van der Waals surface area contributed by atoms with Gasteiger partial charge in [-0.05, 0) is 60.4 Å². The molecule has 1 aliphatic rings. The fourth-order valence-electron chi connectivity index (χ4n) is 4.79. The molecule has 180 valence electrons. The Hall–Kier alpha value is -2.74. The number of para-hydroxylation sites is 1. The number of hydrogen-bond acceptors (Lipinski definition) is 5. The first-order valence-corrected chi connectivity index (χ1v) is 13.5. The zero-order valence-electron chi connectivity index (χ0n) is 19.8. The van der Waals surface area contributed by atoms with Gasteiger partial charge < -0.3 is 11.1 Å². The molecule has 8 heteroatoms. The van der Waals surface area contributed by atoms with Gasteiger partial charge in [-0.1, -0.05) is 50.6 Å². The Kier molecular flexibility index (Phi) is 6.20. The van der Waals surface area contributed by atoms with Gasteiger partial charge in [0.05, 0.1) is 31.6 Å². The molecule has 0 radical (unpaired) electrons. The topological polar surface area (TPSA) is 85.1 Å². The van der Waals surface area contributed by atoms with Crippen molar-refractivity contribution in [3.8, 4) is 10.6 Å². The summed E-state index contributed by atoms with van der Waals surface area (Å²) in [5.41, 5.74) is 9.31. The molecule has 0 bridgehead atoms. The summed E-state index contributed by atoms with van der Waals surface area (Å²) in [6.07, 6.45) is 2.69. The normalized spacial score (nSPS) is 15.7. The van der Waals surface area contributed by atoms with Crippen molar-refractivity contribution in [2.45, 2.75) is 40.0 Å². The zero-order chi connectivity index (χ0) is 24.9. The number of nitrogens with one attached hydrogen (secondary N) is 1. The van der Waals surface area contributed by atoms with Gasteiger partial charge >= 0.3 is 0 Å². The third-order valence-corrected chi connectivity index (χ3v) is 9.17. The van der Waals surface area contributed by atoms with Crippen LogP contribution in [0.3, 0.4) is 0 Å². The number of pyridine rings is 1. The van der Waals surface area contributed by atoms with Crippen LogP contribution < -0.4 is 11.1 Å². The zero-order valence-corrected chi connectivity index (χ0v) is 22.2. The maximum absolute atomic E-state index is 13.6. The highest BCUT2D eigenvalue weighted by atomic mass is 35.5. The van der Waals surface area contributed by atoms with Crippen LogP contribution in [-0.4, -0.2) is 16.8 Å². The molecule has 0 fully saturated rings. The summed E-state index contributed by atoms with van der Waals surface area (Å²) < 4.78 is 0.657. The van der Waals surface area contributed by atoms with E-state index in [1.807, 2.05) is 36.4 Å². The largest absolute Gasteiger partial charge is 0.365 e. The van der Waals surface area contributed by atoms with Crippen molar-refractivity contribution in [1.82, 2.24) is 4.98 Å². The molecule has 4 aromatic rings. The number of aromatic nitrogens is 1. The van der Waals surface area contributed by atoms with Crippen LogP contribution in [0, 0.1) is 11.3 Å². The van der Waals surface area contributed by atoms with Gasteiger partial charge in [0.2, 0.25) is 0 Å². The van der Waals surface area contributed by atoms with Crippen molar-refractivity contribution < 1.29 is 9.59 Å². The van der Waals surface area contributed by atoms with Crippen LogP contribution in [-0.2, 0) is 12.8 Å². The summed E-state index contributed by atoms with van der Waals surface area (Å²) >= 11 is 9.03. The van der Waals surface area contributed by atoms with Crippen molar-refractivity contribution in [3.05, 3.63) is 68.4 Å². The van der Waals surface area contributed by atoms with E-state index >= 15 is 0 Å². The Bertz CT molecular complexity index is 1470. The number of primary amides is 1. The minimum absolute atomic E-state index is 0.176. The number of nitrogens with zero attached hydrogens (tertiary/aromatic N) is 1. The first-order chi connectivity index (χ1) is 16.6. The van der Waals surface area contributed by atoms with Gasteiger partial charge in [-0.3, -0.25) is 9.59 Å². The molecular weight excluding hydrogens is 498 g/mol. The Balaban J connectivity index is 1.55. The summed E-state index contributed by atoms with van der Waals surface area (Å²) in [7, 11) is 0. The van der Waals surface area contributed by atoms with E-state index in [0.29, 0.717) is 37.6 Å². The first-order valence-electron chi connectivity index (χ1n) is 11.5. The average molecular weight is 524 g/mol. The van der Waals surface area contributed by atoms with E-state index in [-0.39, 0.29) is 11.3 Å². The number of carbonyl (C=O) groups is 2. The maximum Gasteiger partial charge on any atom is 0.257 e. The highest BCUT2D eigenvalue weighted by Gasteiger charge is 2.33. The van der Waals surface area contributed by atoms with Crippen LogP contribution in [0.15, 0.2) is 42.5 Å². The molecule has 2 amide bonds. The first kappa shape index (κ1) is 24.0. The van der Waals surface area contributed by atoms with Crippen molar-refractivity contribution in [2.75, 3.05) is 5.32 Å². The molecule has 0 aliphatic heterocycles. The highest BCUT2D eigenvalue weighted by Crippen LogP contribution is 2.44. The maximum atomic E-state index is 13.6. The quantitative estimate of drug-likeness (QED) is 0.297. The van der Waals surface area contributed by atoms with Gasteiger partial charge in [-0.2, -0.15) is 0 Å². The lowest BCUT2D eigenvalue weighted by atomic mass is 9.72. The third-order valence-electron chi connectivity index (χ3n) is 6.75. The van der Waals surface area contributed by atoms with Gasteiger partial charge in [0, 0.05) is 10.3 Å². The number of nitrogens with two attached hydrogens (primary N) is 1. The van der Waals surface area contributed by atoms with E-state index in [4.69, 9.17) is 22.3 Å². The van der Waals surface area contributed by atoms with Crippen LogP contribution >= 0.6 is 34.3 Å². The van der Waals surface area contributed by atoms with Gasteiger partial charge in [-0.25, -0.2) is 4.98 Å². The number of fused-ring (bicyclic) bond motifs is 2. The molecule has 1 unspecified atom stereocenters. The summed E-state index contributed by atoms with van der Waals surface area (Å²) in [5.74, 6) is -0.274. The average Bonchev–Trinajstić information content (AvgIpc) is 3.40. The minimum Gasteiger partial charge on any atom is -0.365 e. The van der Waals surface area contributed by atoms with Gasteiger partial charge in [-0.15, -0.1) is 22.7 Å². The number of thiophene rings is 2. The molecule has 1 atom stereocenters. The number of halogens is 1. The lowest BCUT2D eigenvalue weighted by molar-refractivity contribution is 0.1000. The summed E-state index contributed by atoms with van der Waals surface area (Å²) in [6.45, 7) is 6.75. The number of rotatable bonds is 4. The monoisotopic (exact) mass is 523 g/mol. The van der Waals surface area contributed by atoms with Crippen molar-refractivity contribution in [1.29, 1.82) is 0 Å². The van der Waals surface area contributed by atoms with Crippen LogP contribution in [0.4, 0.5) is 5.00 Å². The van der Waals surface area contributed by atoms with Crippen molar-refractivity contribution in [3.63, 3.8) is 0 Å². The second-order valence-corrected chi connectivity index (χ2v) is 12.8. The van der Waals surface area contributed by atoms with E-state index in [1.165, 1.54) is 22.7 Å². The van der Waals surface area contributed by atoms with Gasteiger partial charge in [0.25, 0.3) is 11.8 Å². The predicted octanol–water partition coefficient (Wildman–Crippen LogP) is 7.18. The molecule has 1 aliphatic carbocycles. The van der Waals surface area contributed by atoms with E-state index < -0.39 is 5.91 Å². The predicted molar refractivity (Wildman–Crippen MR) is 146 cm³/mol. The minimum atomic E-state index is -0.500. The lowest BCUT2D eigenvalue weighted by Crippen LogP contribution is -2.27. The molecule has 5 nitrogen and oxygen atoms in total. The molecule has 0 spiro atoms. The van der Waals surface area contributed by atoms with Crippen LogP contribution in [0.2, 0.25) is 4.34 Å². The van der Waals surface area contributed by atoms with Crippen LogP contribution in [0.1, 0.15) is 58.3 Å². The second-order valence-electron chi connectivity index (χ2n) is 10.0. The molecule has 3 heterocycles. The van der Waals surface area contributed by atoms with E-state index in [2.05, 4.69) is 26.1 Å². The van der Waals surface area contributed by atoms with E-state index in [0.717, 1.165) is 40.0 Å². The smallest absolute Gasteiger partial charge is 0.257 e. The SMILES string of the molecule is CC(C)(C)C1CCc2c(sc(NC(=O)c3cc(-c4ccc(Cl)s4)nc4ccccc34)c2C(N)=O)C1. The molecule has 3 aromatic heterocycles. The Morgan fingerprint density at radius 3 is 2.60 bits per heavy atom. The highest BCUT2D eigenvalue weighted by molar-refractivity contribution is 7.19. The Labute approximate surface area is 217 Å². The fourth-order valence-corrected chi connectivity index (χ4v) is 7.12. The molecule has 0 saturated heterocycles. The standard InChI is InChI=1S/C27H26ClN3O2S2/c1-27(2,3)14-8-9-16-21(12-14)35-26(23(16)24(29)32)31-25(33)17-13-19(20-10-11-22(28)34-20)30-18-7-5-4-6-15(17)18/h4-7,10-11,13-14H,8-9,12H2,1-3H3,(H2,29,32)(H,31,33). The molecule has 35 heavy (non-hydrogen) atoms. The van der Waals surface area contributed by atoms with Crippen LogP contribution in [0.5, 0.6) is 0 Å². The van der Waals surface area contributed by atoms with Gasteiger partial charge in [0.15, 0.2) is 0 Å². The van der Waals surface area contributed by atoms with Crippen molar-refractivity contribution in [2.24, 2.45) is 17.1 Å². The Morgan fingerprint density at radius 1 is 1.14 bits per heavy atom. The Morgan fingerprint density at radius 2 is 1.91 bits per heavy atom. The van der Waals surface area contributed by atoms with Crippen molar-refractivity contribution >= 4 is 62.0 Å². The third kappa shape index (κ3) is 4.60. The van der Waals surface area contributed by atoms with Crippen LogP contribution in [0.25, 0.3) is 21.5 Å². The fraction of sp³-hybridized carbons (Fsp3) is 0.296. The second kappa shape index (κ2) is 9.04. The number of benzene rings is 1. The van der Waals surface area contributed by atoms with E-state index in [1.54, 1.807) is 6.07 Å². The molecular formula is C27H26ClN3O2S2. The number of hydrogen-bond donors (Lipinski definition) is 2. The summed E-state index contributed by atoms with van der Waals surface area (Å²) in [5, 5.41) is 4.30. The number of amides is 2.